The summed E-state index contributed by atoms with van der Waals surface area (Å²) in [6.07, 6.45) is 1.58. The SMILES string of the molecule is Cc1ccc(NC(=O)C(=O)c2c[nH]c3ccccc23)c(C)c1. The minimum Gasteiger partial charge on any atom is -0.360 e. The molecule has 4 nitrogen and oxygen atoms in total. The standard InChI is InChI=1S/C18H16N2O2/c1-11-7-8-15(12(2)9-11)20-18(22)17(21)14-10-19-16-6-4-3-5-13(14)16/h3-10,19H,1-2H3,(H,20,22). The minimum atomic E-state index is -0.628. The lowest BCUT2D eigenvalue weighted by Gasteiger charge is -2.08. The topological polar surface area (TPSA) is 62.0 Å². The number of Topliss-reactive ketones (excluding diaryl/α,β-unsaturated/α-hetero) is 1. The number of anilines is 1. The molecule has 0 aliphatic rings. The summed E-state index contributed by atoms with van der Waals surface area (Å²) in [5.74, 6) is -1.17. The van der Waals surface area contributed by atoms with E-state index in [2.05, 4.69) is 10.3 Å². The van der Waals surface area contributed by atoms with E-state index in [0.717, 1.165) is 22.0 Å². The molecule has 0 fully saturated rings. The molecule has 1 aromatic heterocycles. The monoisotopic (exact) mass is 292 g/mol. The fourth-order valence-electron chi connectivity index (χ4n) is 2.51. The maximum Gasteiger partial charge on any atom is 0.296 e. The molecule has 3 aromatic rings. The number of fused-ring (bicyclic) bond motifs is 1. The molecule has 0 unspecified atom stereocenters. The molecule has 0 saturated carbocycles. The molecule has 0 saturated heterocycles. The average molecular weight is 292 g/mol. The number of hydrogen-bond acceptors (Lipinski definition) is 2. The Kier molecular flexibility index (Phi) is 3.51. The van der Waals surface area contributed by atoms with E-state index in [1.54, 1.807) is 6.20 Å². The lowest BCUT2D eigenvalue weighted by molar-refractivity contribution is -0.112. The molecule has 0 radical (unpaired) electrons. The van der Waals surface area contributed by atoms with Gasteiger partial charge in [-0.1, -0.05) is 35.9 Å². The third-order valence-corrected chi connectivity index (χ3v) is 3.67. The van der Waals surface area contributed by atoms with Crippen molar-refractivity contribution in [2.75, 3.05) is 5.32 Å². The number of hydrogen-bond donors (Lipinski definition) is 2. The van der Waals surface area contributed by atoms with E-state index in [1.165, 1.54) is 0 Å². The quantitative estimate of drug-likeness (QED) is 0.572. The first-order valence-electron chi connectivity index (χ1n) is 7.05. The highest BCUT2D eigenvalue weighted by molar-refractivity contribution is 6.48. The van der Waals surface area contributed by atoms with Crippen LogP contribution < -0.4 is 5.32 Å². The highest BCUT2D eigenvalue weighted by atomic mass is 16.2. The fraction of sp³-hybridized carbons (Fsp3) is 0.111. The third-order valence-electron chi connectivity index (χ3n) is 3.67. The van der Waals surface area contributed by atoms with Gasteiger partial charge in [-0.25, -0.2) is 0 Å². The van der Waals surface area contributed by atoms with Gasteiger partial charge in [0.15, 0.2) is 0 Å². The fourth-order valence-corrected chi connectivity index (χ4v) is 2.51. The van der Waals surface area contributed by atoms with Crippen molar-refractivity contribution in [3.05, 3.63) is 65.4 Å². The predicted octanol–water partition coefficient (Wildman–Crippen LogP) is 3.61. The first kappa shape index (κ1) is 14.1. The van der Waals surface area contributed by atoms with Crippen LogP contribution in [0.15, 0.2) is 48.7 Å². The number of rotatable bonds is 3. The number of amides is 1. The van der Waals surface area contributed by atoms with Crippen molar-refractivity contribution in [2.45, 2.75) is 13.8 Å². The molecule has 0 aliphatic heterocycles. The molecular weight excluding hydrogens is 276 g/mol. The number of para-hydroxylation sites is 1. The summed E-state index contributed by atoms with van der Waals surface area (Å²) in [4.78, 5) is 27.6. The highest BCUT2D eigenvalue weighted by Crippen LogP contribution is 2.20. The summed E-state index contributed by atoms with van der Waals surface area (Å²) in [5.41, 5.74) is 3.92. The van der Waals surface area contributed by atoms with Crippen molar-refractivity contribution >= 4 is 28.3 Å². The van der Waals surface area contributed by atoms with E-state index in [1.807, 2.05) is 56.3 Å². The van der Waals surface area contributed by atoms with Crippen molar-refractivity contribution in [3.8, 4) is 0 Å². The van der Waals surface area contributed by atoms with Crippen LogP contribution in [-0.4, -0.2) is 16.7 Å². The molecule has 110 valence electrons. The average Bonchev–Trinajstić information content (AvgIpc) is 2.93. The minimum absolute atomic E-state index is 0.387. The second-order valence-corrected chi connectivity index (χ2v) is 5.35. The van der Waals surface area contributed by atoms with E-state index in [4.69, 9.17) is 0 Å². The second kappa shape index (κ2) is 5.48. The lowest BCUT2D eigenvalue weighted by atomic mass is 10.1. The van der Waals surface area contributed by atoms with Gasteiger partial charge in [-0.2, -0.15) is 0 Å². The van der Waals surface area contributed by atoms with Gasteiger partial charge in [-0.3, -0.25) is 9.59 Å². The van der Waals surface area contributed by atoms with Crippen molar-refractivity contribution in [2.24, 2.45) is 0 Å². The van der Waals surface area contributed by atoms with Crippen molar-refractivity contribution in [1.82, 2.24) is 4.98 Å². The van der Waals surface area contributed by atoms with Crippen LogP contribution in [0.1, 0.15) is 21.5 Å². The van der Waals surface area contributed by atoms with E-state index >= 15 is 0 Å². The Balaban J connectivity index is 1.87. The maximum atomic E-state index is 12.4. The molecule has 3 rings (SSSR count). The first-order chi connectivity index (χ1) is 10.6. The number of benzene rings is 2. The van der Waals surface area contributed by atoms with E-state index < -0.39 is 11.7 Å². The van der Waals surface area contributed by atoms with Crippen LogP contribution in [0, 0.1) is 13.8 Å². The van der Waals surface area contributed by atoms with Crippen LogP contribution in [0.4, 0.5) is 5.69 Å². The van der Waals surface area contributed by atoms with Gasteiger partial charge in [0.25, 0.3) is 11.7 Å². The van der Waals surface area contributed by atoms with Crippen LogP contribution in [0.2, 0.25) is 0 Å². The number of ketones is 1. The lowest BCUT2D eigenvalue weighted by Crippen LogP contribution is -2.23. The summed E-state index contributed by atoms with van der Waals surface area (Å²) in [5, 5.41) is 3.44. The molecule has 1 heterocycles. The third kappa shape index (κ3) is 2.51. The Bertz CT molecular complexity index is 878. The Hall–Kier alpha value is -2.88. The molecule has 2 aromatic carbocycles. The van der Waals surface area contributed by atoms with Gasteiger partial charge in [0.05, 0.1) is 5.56 Å². The molecule has 0 atom stereocenters. The van der Waals surface area contributed by atoms with E-state index in [0.29, 0.717) is 11.3 Å². The molecule has 0 aliphatic carbocycles. The number of carbonyl (C=O) groups excluding carboxylic acids is 2. The zero-order chi connectivity index (χ0) is 15.7. The molecular formula is C18H16N2O2. The zero-order valence-corrected chi connectivity index (χ0v) is 12.4. The van der Waals surface area contributed by atoms with Crippen LogP contribution >= 0.6 is 0 Å². The molecule has 2 N–H and O–H groups in total. The summed E-state index contributed by atoms with van der Waals surface area (Å²) in [6, 6.07) is 13.1. The first-order valence-corrected chi connectivity index (χ1v) is 7.05. The molecule has 4 heteroatoms. The number of carbonyl (C=O) groups is 2. The summed E-state index contributed by atoms with van der Waals surface area (Å²) in [7, 11) is 0. The maximum absolute atomic E-state index is 12.4. The van der Waals surface area contributed by atoms with E-state index in [9.17, 15) is 9.59 Å². The Morgan fingerprint density at radius 1 is 1.05 bits per heavy atom. The smallest absolute Gasteiger partial charge is 0.296 e. The highest BCUT2D eigenvalue weighted by Gasteiger charge is 2.20. The summed E-state index contributed by atoms with van der Waals surface area (Å²) >= 11 is 0. The Morgan fingerprint density at radius 2 is 1.82 bits per heavy atom. The van der Waals surface area contributed by atoms with Gasteiger partial charge in [0, 0.05) is 22.8 Å². The van der Waals surface area contributed by atoms with Crippen LogP contribution in [0.25, 0.3) is 10.9 Å². The van der Waals surface area contributed by atoms with Gasteiger partial charge in [0.1, 0.15) is 0 Å². The number of H-pyrrole nitrogens is 1. The van der Waals surface area contributed by atoms with Crippen LogP contribution in [0.5, 0.6) is 0 Å². The Labute approximate surface area is 128 Å². The van der Waals surface area contributed by atoms with Crippen LogP contribution in [0.3, 0.4) is 0 Å². The molecule has 0 spiro atoms. The van der Waals surface area contributed by atoms with Gasteiger partial charge >= 0.3 is 0 Å². The van der Waals surface area contributed by atoms with Crippen molar-refractivity contribution in [1.29, 1.82) is 0 Å². The molecule has 0 bridgehead atoms. The van der Waals surface area contributed by atoms with Crippen molar-refractivity contribution in [3.63, 3.8) is 0 Å². The predicted molar refractivity (Wildman–Crippen MR) is 87.2 cm³/mol. The zero-order valence-electron chi connectivity index (χ0n) is 12.4. The molecule has 22 heavy (non-hydrogen) atoms. The van der Waals surface area contributed by atoms with E-state index in [-0.39, 0.29) is 0 Å². The number of aryl methyl sites for hydroxylation is 2. The van der Waals surface area contributed by atoms with Crippen molar-refractivity contribution < 1.29 is 9.59 Å². The second-order valence-electron chi connectivity index (χ2n) is 5.35. The summed E-state index contributed by atoms with van der Waals surface area (Å²) < 4.78 is 0. The van der Waals surface area contributed by atoms with Gasteiger partial charge in [0.2, 0.25) is 0 Å². The largest absolute Gasteiger partial charge is 0.360 e. The van der Waals surface area contributed by atoms with Gasteiger partial charge in [-0.05, 0) is 31.5 Å². The Morgan fingerprint density at radius 3 is 2.59 bits per heavy atom. The van der Waals surface area contributed by atoms with Gasteiger partial charge < -0.3 is 10.3 Å². The number of aromatic nitrogens is 1. The van der Waals surface area contributed by atoms with Crippen LogP contribution in [-0.2, 0) is 4.79 Å². The summed E-state index contributed by atoms with van der Waals surface area (Å²) in [6.45, 7) is 3.88. The van der Waals surface area contributed by atoms with Gasteiger partial charge in [-0.15, -0.1) is 0 Å². The number of aromatic amines is 1. The molecule has 1 amide bonds. The number of nitrogens with one attached hydrogen (secondary N) is 2. The normalized spacial score (nSPS) is 10.6.